The van der Waals surface area contributed by atoms with Gasteiger partial charge in [0.05, 0.1) is 12.7 Å². The first kappa shape index (κ1) is 14.9. The predicted octanol–water partition coefficient (Wildman–Crippen LogP) is 2.28. The molecule has 2 atom stereocenters. The molecule has 0 saturated heterocycles. The maximum Gasteiger partial charge on any atom is 0.257 e. The van der Waals surface area contributed by atoms with Crippen molar-refractivity contribution in [1.29, 1.82) is 0 Å². The van der Waals surface area contributed by atoms with Crippen molar-refractivity contribution in [2.24, 2.45) is 11.7 Å². The first-order valence-electron chi connectivity index (χ1n) is 7.37. The molecular weight excluding hydrogens is 252 g/mol. The maximum absolute atomic E-state index is 12.8. The number of rotatable bonds is 5. The summed E-state index contributed by atoms with van der Waals surface area (Å²) in [5.41, 5.74) is 6.49. The number of hydrogen-bond acceptors (Lipinski definition) is 3. The zero-order valence-electron chi connectivity index (χ0n) is 12.3. The van der Waals surface area contributed by atoms with Crippen LogP contribution < -0.4 is 10.5 Å². The van der Waals surface area contributed by atoms with E-state index in [9.17, 15) is 4.79 Å². The standard InChI is InChI=1S/C16H24N2O2/c1-3-18(14-9-6-7-12(14)11-17)16(19)13-8-4-5-10-15(13)20-2/h4-5,8,10,12,14H,3,6-7,9,11,17H2,1-2H3. The van der Waals surface area contributed by atoms with E-state index >= 15 is 0 Å². The van der Waals surface area contributed by atoms with Gasteiger partial charge in [0.2, 0.25) is 0 Å². The fraction of sp³-hybridized carbons (Fsp3) is 0.562. The molecule has 4 heteroatoms. The molecule has 0 heterocycles. The highest BCUT2D eigenvalue weighted by molar-refractivity contribution is 5.97. The van der Waals surface area contributed by atoms with Gasteiger partial charge >= 0.3 is 0 Å². The van der Waals surface area contributed by atoms with Gasteiger partial charge in [0, 0.05) is 12.6 Å². The number of para-hydroxylation sites is 1. The van der Waals surface area contributed by atoms with Gasteiger partial charge in [0.25, 0.3) is 5.91 Å². The minimum atomic E-state index is 0.0512. The molecule has 1 amide bonds. The third-order valence-electron chi connectivity index (χ3n) is 4.26. The largest absolute Gasteiger partial charge is 0.496 e. The van der Waals surface area contributed by atoms with Gasteiger partial charge in [-0.3, -0.25) is 4.79 Å². The van der Waals surface area contributed by atoms with Crippen LogP contribution in [0.15, 0.2) is 24.3 Å². The summed E-state index contributed by atoms with van der Waals surface area (Å²) in [5, 5.41) is 0. The molecule has 1 saturated carbocycles. The highest BCUT2D eigenvalue weighted by Crippen LogP contribution is 2.31. The number of amides is 1. The Morgan fingerprint density at radius 1 is 1.40 bits per heavy atom. The molecule has 4 nitrogen and oxygen atoms in total. The number of ether oxygens (including phenoxy) is 1. The third kappa shape index (κ3) is 2.80. The van der Waals surface area contributed by atoms with Crippen LogP contribution in [0.2, 0.25) is 0 Å². The third-order valence-corrected chi connectivity index (χ3v) is 4.26. The highest BCUT2D eigenvalue weighted by atomic mass is 16.5. The number of carbonyl (C=O) groups excluding carboxylic acids is 1. The fourth-order valence-electron chi connectivity index (χ4n) is 3.21. The Balaban J connectivity index is 2.25. The lowest BCUT2D eigenvalue weighted by atomic mass is 10.0. The Labute approximate surface area is 120 Å². The van der Waals surface area contributed by atoms with E-state index in [1.165, 1.54) is 0 Å². The van der Waals surface area contributed by atoms with Crippen LogP contribution >= 0.6 is 0 Å². The van der Waals surface area contributed by atoms with E-state index < -0.39 is 0 Å². The monoisotopic (exact) mass is 276 g/mol. The molecular formula is C16H24N2O2. The summed E-state index contributed by atoms with van der Waals surface area (Å²) in [6.45, 7) is 3.39. The van der Waals surface area contributed by atoms with Gasteiger partial charge in [-0.05, 0) is 44.4 Å². The van der Waals surface area contributed by atoms with E-state index in [0.717, 1.165) is 19.3 Å². The van der Waals surface area contributed by atoms with E-state index in [4.69, 9.17) is 10.5 Å². The second kappa shape index (κ2) is 6.75. The van der Waals surface area contributed by atoms with Crippen LogP contribution in [0.5, 0.6) is 5.75 Å². The molecule has 2 rings (SSSR count). The normalized spacial score (nSPS) is 21.8. The summed E-state index contributed by atoms with van der Waals surface area (Å²) in [5.74, 6) is 1.11. The maximum atomic E-state index is 12.8. The number of hydrogen-bond donors (Lipinski definition) is 1. The van der Waals surface area contributed by atoms with Crippen molar-refractivity contribution >= 4 is 5.91 Å². The topological polar surface area (TPSA) is 55.6 Å². The zero-order chi connectivity index (χ0) is 14.5. The minimum Gasteiger partial charge on any atom is -0.496 e. The molecule has 0 bridgehead atoms. The SMILES string of the molecule is CCN(C(=O)c1ccccc1OC)C1CCCC1CN. The smallest absolute Gasteiger partial charge is 0.257 e. The Morgan fingerprint density at radius 3 is 2.80 bits per heavy atom. The zero-order valence-corrected chi connectivity index (χ0v) is 12.3. The Hall–Kier alpha value is -1.55. The summed E-state index contributed by atoms with van der Waals surface area (Å²) in [4.78, 5) is 14.8. The molecule has 1 aromatic rings. The number of methoxy groups -OCH3 is 1. The fourth-order valence-corrected chi connectivity index (χ4v) is 3.21. The molecule has 1 fully saturated rings. The lowest BCUT2D eigenvalue weighted by molar-refractivity contribution is 0.0648. The van der Waals surface area contributed by atoms with Crippen LogP contribution in [0.3, 0.4) is 0 Å². The average molecular weight is 276 g/mol. The van der Waals surface area contributed by atoms with E-state index in [-0.39, 0.29) is 11.9 Å². The van der Waals surface area contributed by atoms with Crippen molar-refractivity contribution < 1.29 is 9.53 Å². The summed E-state index contributed by atoms with van der Waals surface area (Å²) in [6.07, 6.45) is 3.33. The van der Waals surface area contributed by atoms with Crippen LogP contribution in [0.25, 0.3) is 0 Å². The molecule has 0 aliphatic heterocycles. The molecule has 2 N–H and O–H groups in total. The van der Waals surface area contributed by atoms with Crippen molar-refractivity contribution in [3.63, 3.8) is 0 Å². The second-order valence-corrected chi connectivity index (χ2v) is 5.29. The van der Waals surface area contributed by atoms with Crippen LogP contribution in [-0.2, 0) is 0 Å². The molecule has 1 aliphatic rings. The molecule has 0 spiro atoms. The Bertz CT molecular complexity index is 462. The summed E-state index contributed by atoms with van der Waals surface area (Å²) >= 11 is 0. The van der Waals surface area contributed by atoms with Crippen molar-refractivity contribution in [2.75, 3.05) is 20.2 Å². The second-order valence-electron chi connectivity index (χ2n) is 5.29. The minimum absolute atomic E-state index is 0.0512. The van der Waals surface area contributed by atoms with E-state index in [0.29, 0.717) is 30.3 Å². The molecule has 0 aromatic heterocycles. The average Bonchev–Trinajstić information content (AvgIpc) is 2.96. The van der Waals surface area contributed by atoms with Gasteiger partial charge < -0.3 is 15.4 Å². The van der Waals surface area contributed by atoms with Crippen LogP contribution in [0.4, 0.5) is 0 Å². The van der Waals surface area contributed by atoms with Crippen molar-refractivity contribution in [3.05, 3.63) is 29.8 Å². The first-order chi connectivity index (χ1) is 9.72. The van der Waals surface area contributed by atoms with E-state index in [2.05, 4.69) is 0 Å². The number of nitrogens with two attached hydrogens (primary N) is 1. The molecule has 0 radical (unpaired) electrons. The van der Waals surface area contributed by atoms with Crippen LogP contribution in [0, 0.1) is 5.92 Å². The first-order valence-corrected chi connectivity index (χ1v) is 7.37. The van der Waals surface area contributed by atoms with Gasteiger partial charge in [0.15, 0.2) is 0 Å². The van der Waals surface area contributed by atoms with E-state index in [1.807, 2.05) is 36.1 Å². The molecule has 110 valence electrons. The summed E-state index contributed by atoms with van der Waals surface area (Å²) in [6, 6.07) is 7.68. The Morgan fingerprint density at radius 2 is 2.15 bits per heavy atom. The number of carbonyl (C=O) groups is 1. The number of nitrogens with zero attached hydrogens (tertiary/aromatic N) is 1. The summed E-state index contributed by atoms with van der Waals surface area (Å²) < 4.78 is 5.30. The number of benzene rings is 1. The van der Waals surface area contributed by atoms with Gasteiger partial charge in [-0.25, -0.2) is 0 Å². The van der Waals surface area contributed by atoms with Gasteiger partial charge in [0.1, 0.15) is 5.75 Å². The molecule has 1 aliphatic carbocycles. The van der Waals surface area contributed by atoms with Gasteiger partial charge in [-0.1, -0.05) is 18.6 Å². The Kier molecular flexibility index (Phi) is 5.01. The molecule has 1 aromatic carbocycles. The van der Waals surface area contributed by atoms with Crippen molar-refractivity contribution in [1.82, 2.24) is 4.90 Å². The van der Waals surface area contributed by atoms with Crippen molar-refractivity contribution in [3.8, 4) is 5.75 Å². The van der Waals surface area contributed by atoms with Gasteiger partial charge in [-0.2, -0.15) is 0 Å². The lowest BCUT2D eigenvalue weighted by Gasteiger charge is -2.32. The van der Waals surface area contributed by atoms with E-state index in [1.54, 1.807) is 7.11 Å². The van der Waals surface area contributed by atoms with Crippen LogP contribution in [0.1, 0.15) is 36.5 Å². The highest BCUT2D eigenvalue weighted by Gasteiger charge is 2.34. The lowest BCUT2D eigenvalue weighted by Crippen LogP contribution is -2.44. The summed E-state index contributed by atoms with van der Waals surface area (Å²) in [7, 11) is 1.60. The molecule has 20 heavy (non-hydrogen) atoms. The predicted molar refractivity (Wildman–Crippen MR) is 79.9 cm³/mol. The molecule has 2 unspecified atom stereocenters. The van der Waals surface area contributed by atoms with Gasteiger partial charge in [-0.15, -0.1) is 0 Å². The van der Waals surface area contributed by atoms with Crippen molar-refractivity contribution in [2.45, 2.75) is 32.2 Å². The quantitative estimate of drug-likeness (QED) is 0.897. The van der Waals surface area contributed by atoms with Crippen LogP contribution in [-0.4, -0.2) is 37.0 Å².